The van der Waals surface area contributed by atoms with Crippen LogP contribution in [-0.4, -0.2) is 52.3 Å². The third kappa shape index (κ3) is 7.73. The zero-order valence-electron chi connectivity index (χ0n) is 22.7. The summed E-state index contributed by atoms with van der Waals surface area (Å²) in [5, 5.41) is 24.6. The van der Waals surface area contributed by atoms with E-state index < -0.39 is 17.6 Å². The smallest absolute Gasteiger partial charge is 0.325 e. The first kappa shape index (κ1) is 29.5. The van der Waals surface area contributed by atoms with Crippen LogP contribution in [0.25, 0.3) is 10.1 Å². The molecular weight excluding hydrogens is 486 g/mol. The molecule has 0 saturated heterocycles. The predicted octanol–water partition coefficient (Wildman–Crippen LogP) is 5.70. The highest BCUT2D eigenvalue weighted by Crippen LogP contribution is 2.46. The second-order valence-electron chi connectivity index (χ2n) is 10.7. The number of hydrogen-bond donors (Lipinski definition) is 2. The SMILES string of the molecule is CCN(CC)OC(=O)CCC/C=C\C[C@H]1C(=O)C(C)(C)[C@@H](O)[C@@H]1CCC(O)Cc1cc2ccccc2s1. The summed E-state index contributed by atoms with van der Waals surface area (Å²) < 4.78 is 1.22. The monoisotopic (exact) mass is 529 g/mol. The fraction of sp³-hybridized carbons (Fsp3) is 0.600. The number of aliphatic hydroxyl groups excluding tert-OH is 2. The average Bonchev–Trinajstić information content (AvgIpc) is 3.35. The van der Waals surface area contributed by atoms with Gasteiger partial charge in [0.1, 0.15) is 5.78 Å². The van der Waals surface area contributed by atoms with Gasteiger partial charge in [-0.3, -0.25) is 9.59 Å². The minimum Gasteiger partial charge on any atom is -0.393 e. The van der Waals surface area contributed by atoms with Crippen LogP contribution >= 0.6 is 11.3 Å². The van der Waals surface area contributed by atoms with E-state index in [0.717, 1.165) is 11.3 Å². The van der Waals surface area contributed by atoms with Crippen LogP contribution in [0.15, 0.2) is 42.5 Å². The minimum atomic E-state index is -0.784. The van der Waals surface area contributed by atoms with Gasteiger partial charge in [-0.2, -0.15) is 0 Å². The summed E-state index contributed by atoms with van der Waals surface area (Å²) in [6.07, 6.45) is 6.89. The Morgan fingerprint density at radius 3 is 2.65 bits per heavy atom. The maximum atomic E-state index is 13.1. The van der Waals surface area contributed by atoms with Crippen molar-refractivity contribution in [3.63, 3.8) is 0 Å². The molecule has 1 aliphatic carbocycles. The van der Waals surface area contributed by atoms with E-state index in [4.69, 9.17) is 4.84 Å². The second kappa shape index (κ2) is 13.7. The van der Waals surface area contributed by atoms with Crippen LogP contribution in [0.3, 0.4) is 0 Å². The molecule has 1 unspecified atom stereocenters. The topological polar surface area (TPSA) is 87.1 Å². The molecular formula is C30H43NO5S. The lowest BCUT2D eigenvalue weighted by Crippen LogP contribution is -2.32. The molecule has 6 nitrogen and oxygen atoms in total. The number of thiophene rings is 1. The predicted molar refractivity (Wildman–Crippen MR) is 149 cm³/mol. The first-order valence-corrected chi connectivity index (χ1v) is 14.5. The number of carbonyl (C=O) groups is 2. The van der Waals surface area contributed by atoms with Crippen molar-refractivity contribution in [1.82, 2.24) is 5.06 Å². The number of benzene rings is 1. The highest BCUT2D eigenvalue weighted by atomic mass is 32.1. The summed E-state index contributed by atoms with van der Waals surface area (Å²) in [4.78, 5) is 31.5. The molecule has 1 fully saturated rings. The number of fused-ring (bicyclic) bond motifs is 1. The third-order valence-corrected chi connectivity index (χ3v) is 8.76. The number of Topliss-reactive ketones (excluding diaryl/α,β-unsaturated/α-hetero) is 1. The molecule has 2 aromatic rings. The molecule has 0 bridgehead atoms. The number of ketones is 1. The van der Waals surface area contributed by atoms with Crippen molar-refractivity contribution in [2.45, 2.75) is 84.8 Å². The van der Waals surface area contributed by atoms with Crippen LogP contribution in [0, 0.1) is 17.3 Å². The lowest BCUT2D eigenvalue weighted by Gasteiger charge is -2.25. The lowest BCUT2D eigenvalue weighted by atomic mass is 9.85. The Balaban J connectivity index is 1.49. The standard InChI is InChI=1S/C30H43NO5S/c1-5-31(6-2)36-27(33)16-10-8-7-9-14-24-25(29(35)30(3,4)28(24)34)18-17-22(32)20-23-19-21-13-11-12-15-26(21)37-23/h7,9,11-13,15,19,22,24-25,29,32,35H,5-6,8,10,14,16-18,20H2,1-4H3/b9-7-/t22?,24-,25-,29+/m1/s1. The molecule has 1 heterocycles. The van der Waals surface area contributed by atoms with Crippen molar-refractivity contribution < 1.29 is 24.6 Å². The van der Waals surface area contributed by atoms with Gasteiger partial charge in [-0.15, -0.1) is 16.4 Å². The van der Waals surface area contributed by atoms with E-state index in [1.807, 2.05) is 52.0 Å². The number of aliphatic hydroxyl groups is 2. The van der Waals surface area contributed by atoms with Crippen LogP contribution in [0.2, 0.25) is 0 Å². The van der Waals surface area contributed by atoms with E-state index in [1.54, 1.807) is 16.4 Å². The molecule has 37 heavy (non-hydrogen) atoms. The number of allylic oxidation sites excluding steroid dienone is 2. The highest BCUT2D eigenvalue weighted by molar-refractivity contribution is 7.19. The second-order valence-corrected chi connectivity index (χ2v) is 11.8. The molecule has 7 heteroatoms. The number of carbonyl (C=O) groups excluding carboxylic acids is 2. The van der Waals surface area contributed by atoms with E-state index in [2.05, 4.69) is 18.2 Å². The van der Waals surface area contributed by atoms with E-state index in [9.17, 15) is 19.8 Å². The molecule has 2 N–H and O–H groups in total. The number of rotatable bonds is 14. The van der Waals surface area contributed by atoms with Gasteiger partial charge in [-0.1, -0.05) is 44.2 Å². The van der Waals surface area contributed by atoms with Crippen molar-refractivity contribution >= 4 is 33.2 Å². The van der Waals surface area contributed by atoms with Crippen LogP contribution in [0.4, 0.5) is 0 Å². The Hall–Kier alpha value is -2.06. The van der Waals surface area contributed by atoms with Crippen molar-refractivity contribution in [3.05, 3.63) is 47.4 Å². The Morgan fingerprint density at radius 1 is 1.22 bits per heavy atom. The first-order valence-electron chi connectivity index (χ1n) is 13.7. The number of hydrogen-bond acceptors (Lipinski definition) is 7. The molecule has 1 aliphatic rings. The van der Waals surface area contributed by atoms with Gasteiger partial charge in [0.05, 0.1) is 12.2 Å². The zero-order valence-corrected chi connectivity index (χ0v) is 23.5. The fourth-order valence-electron chi connectivity index (χ4n) is 5.34. The van der Waals surface area contributed by atoms with Crippen LogP contribution in [-0.2, 0) is 20.8 Å². The van der Waals surface area contributed by atoms with Gasteiger partial charge in [-0.05, 0) is 69.4 Å². The van der Waals surface area contributed by atoms with E-state index in [1.165, 1.54) is 10.1 Å². The van der Waals surface area contributed by atoms with E-state index >= 15 is 0 Å². The molecule has 204 valence electrons. The summed E-state index contributed by atoms with van der Waals surface area (Å²) in [5.41, 5.74) is -0.784. The van der Waals surface area contributed by atoms with E-state index in [0.29, 0.717) is 51.6 Å². The normalized spacial score (nSPS) is 22.4. The van der Waals surface area contributed by atoms with Crippen molar-refractivity contribution in [3.8, 4) is 0 Å². The van der Waals surface area contributed by atoms with Crippen LogP contribution in [0.1, 0.15) is 71.1 Å². The summed E-state index contributed by atoms with van der Waals surface area (Å²) in [7, 11) is 0. The zero-order chi connectivity index (χ0) is 27.0. The average molecular weight is 530 g/mol. The largest absolute Gasteiger partial charge is 0.393 e. The molecule has 0 amide bonds. The quantitative estimate of drug-likeness (QED) is 0.185. The Bertz CT molecular complexity index is 1020. The number of hydroxylamine groups is 2. The lowest BCUT2D eigenvalue weighted by molar-refractivity contribution is -0.188. The molecule has 3 rings (SSSR count). The molecule has 4 atom stereocenters. The Labute approximate surface area is 225 Å². The van der Waals surface area contributed by atoms with Crippen LogP contribution in [0.5, 0.6) is 0 Å². The summed E-state index contributed by atoms with van der Waals surface area (Å²) in [6.45, 7) is 8.88. The molecule has 1 aromatic heterocycles. The minimum absolute atomic E-state index is 0.0939. The van der Waals surface area contributed by atoms with Crippen LogP contribution < -0.4 is 0 Å². The number of unbranched alkanes of at least 4 members (excludes halogenated alkanes) is 1. The summed E-state index contributed by atoms with van der Waals surface area (Å²) in [5.74, 6) is -0.558. The van der Waals surface area contributed by atoms with Gasteiger partial charge in [0.2, 0.25) is 0 Å². The Morgan fingerprint density at radius 2 is 1.95 bits per heavy atom. The van der Waals surface area contributed by atoms with Gasteiger partial charge in [-0.25, -0.2) is 0 Å². The third-order valence-electron chi connectivity index (χ3n) is 7.62. The molecule has 1 aromatic carbocycles. The van der Waals surface area contributed by atoms with E-state index in [-0.39, 0.29) is 23.6 Å². The Kier molecular flexibility index (Phi) is 10.9. The molecule has 0 radical (unpaired) electrons. The van der Waals surface area contributed by atoms with Gasteiger partial charge >= 0.3 is 5.97 Å². The number of nitrogens with zero attached hydrogens (tertiary/aromatic N) is 1. The van der Waals surface area contributed by atoms with Gasteiger partial charge in [0, 0.05) is 46.8 Å². The first-order chi connectivity index (χ1) is 17.7. The molecule has 0 aliphatic heterocycles. The molecule has 1 saturated carbocycles. The van der Waals surface area contributed by atoms with Crippen molar-refractivity contribution in [2.75, 3.05) is 13.1 Å². The molecule has 0 spiro atoms. The highest BCUT2D eigenvalue weighted by Gasteiger charge is 2.53. The maximum Gasteiger partial charge on any atom is 0.325 e. The maximum absolute atomic E-state index is 13.1. The fourth-order valence-corrected chi connectivity index (χ4v) is 6.47. The van der Waals surface area contributed by atoms with Crippen molar-refractivity contribution in [2.24, 2.45) is 17.3 Å². The van der Waals surface area contributed by atoms with Gasteiger partial charge in [0.15, 0.2) is 0 Å². The van der Waals surface area contributed by atoms with Crippen molar-refractivity contribution in [1.29, 1.82) is 0 Å². The summed E-state index contributed by atoms with van der Waals surface area (Å²) in [6, 6.07) is 10.4. The summed E-state index contributed by atoms with van der Waals surface area (Å²) >= 11 is 1.71. The van der Waals surface area contributed by atoms with Gasteiger partial charge < -0.3 is 15.1 Å². The van der Waals surface area contributed by atoms with Gasteiger partial charge in [0.25, 0.3) is 0 Å².